The highest BCUT2D eigenvalue weighted by Gasteiger charge is 2.10. The minimum atomic E-state index is -1.25. The van der Waals surface area contributed by atoms with Gasteiger partial charge < -0.3 is 15.7 Å². The molecule has 1 aromatic carbocycles. The third kappa shape index (κ3) is 3.25. The fourth-order valence-electron chi connectivity index (χ4n) is 1.40. The molecule has 3 N–H and O–H groups in total. The number of carboxylic acids is 1. The number of aromatic carboxylic acids is 1. The first-order valence-corrected chi connectivity index (χ1v) is 5.42. The number of halogens is 1. The van der Waals surface area contributed by atoms with Gasteiger partial charge in [0.2, 0.25) is 0 Å². The molecule has 8 heteroatoms. The first-order valence-electron chi connectivity index (χ1n) is 5.42. The van der Waals surface area contributed by atoms with E-state index in [0.29, 0.717) is 5.69 Å². The van der Waals surface area contributed by atoms with Crippen molar-refractivity contribution in [3.8, 4) is 0 Å². The summed E-state index contributed by atoms with van der Waals surface area (Å²) in [6.45, 7) is 0. The Morgan fingerprint density at radius 3 is 2.45 bits per heavy atom. The molecule has 1 aromatic heterocycles. The second kappa shape index (κ2) is 5.74. The van der Waals surface area contributed by atoms with Gasteiger partial charge in [-0.15, -0.1) is 0 Å². The average molecular weight is 276 g/mol. The van der Waals surface area contributed by atoms with Crippen molar-refractivity contribution in [3.05, 3.63) is 48.3 Å². The van der Waals surface area contributed by atoms with Gasteiger partial charge in [0.05, 0.1) is 29.3 Å². The van der Waals surface area contributed by atoms with Crippen molar-refractivity contribution in [1.29, 1.82) is 0 Å². The Labute approximate surface area is 112 Å². The van der Waals surface area contributed by atoms with Gasteiger partial charge in [-0.25, -0.2) is 23.9 Å². The molecule has 0 unspecified atom stereocenters. The zero-order valence-corrected chi connectivity index (χ0v) is 10.0. The maximum atomic E-state index is 13.6. The van der Waals surface area contributed by atoms with Gasteiger partial charge in [0.1, 0.15) is 12.1 Å². The van der Waals surface area contributed by atoms with Crippen LogP contribution in [0.3, 0.4) is 0 Å². The lowest BCUT2D eigenvalue weighted by Gasteiger charge is -2.08. The van der Waals surface area contributed by atoms with E-state index in [0.717, 1.165) is 6.07 Å². The molecule has 102 valence electrons. The van der Waals surface area contributed by atoms with Crippen LogP contribution >= 0.6 is 0 Å². The molecule has 2 rings (SSSR count). The Kier molecular flexibility index (Phi) is 3.85. The fourth-order valence-corrected chi connectivity index (χ4v) is 1.40. The maximum absolute atomic E-state index is 13.6. The van der Waals surface area contributed by atoms with Gasteiger partial charge in [-0.3, -0.25) is 0 Å². The number of carbonyl (C=O) groups excluding carboxylic acids is 1. The van der Waals surface area contributed by atoms with Crippen molar-refractivity contribution in [3.63, 3.8) is 0 Å². The van der Waals surface area contributed by atoms with Crippen LogP contribution in [-0.4, -0.2) is 27.1 Å². The summed E-state index contributed by atoms with van der Waals surface area (Å²) in [4.78, 5) is 29.6. The van der Waals surface area contributed by atoms with Gasteiger partial charge in [0.25, 0.3) is 0 Å². The van der Waals surface area contributed by atoms with E-state index in [-0.39, 0.29) is 11.3 Å². The Bertz CT molecular complexity index is 648. The molecule has 0 spiro atoms. The number of anilines is 2. The minimum absolute atomic E-state index is 0.135. The molecular formula is C12H9FN4O3. The Hall–Kier alpha value is -3.03. The number of benzene rings is 1. The third-order valence-electron chi connectivity index (χ3n) is 2.28. The zero-order chi connectivity index (χ0) is 14.5. The number of nitrogens with one attached hydrogen (secondary N) is 2. The first-order chi connectivity index (χ1) is 9.56. The van der Waals surface area contributed by atoms with Crippen LogP contribution in [0.15, 0.2) is 36.9 Å². The normalized spacial score (nSPS) is 9.85. The molecule has 0 atom stereocenters. The van der Waals surface area contributed by atoms with Crippen LogP contribution < -0.4 is 10.6 Å². The molecule has 0 radical (unpaired) electrons. The van der Waals surface area contributed by atoms with Crippen LogP contribution in [-0.2, 0) is 0 Å². The first kappa shape index (κ1) is 13.4. The number of aromatic nitrogens is 2. The highest BCUT2D eigenvalue weighted by Crippen LogP contribution is 2.16. The SMILES string of the molecule is O=C(Nc1cncnc1)Nc1ccc(C(=O)O)cc1F. The Morgan fingerprint density at radius 1 is 1.15 bits per heavy atom. The molecule has 0 saturated carbocycles. The number of urea groups is 1. The standard InChI is InChI=1S/C12H9FN4O3/c13-9-3-7(11(18)19)1-2-10(9)17-12(20)16-8-4-14-6-15-5-8/h1-6H,(H,18,19)(H2,16,17,20). The van der Waals surface area contributed by atoms with Gasteiger partial charge in [-0.2, -0.15) is 0 Å². The number of carboxylic acid groups (broad SMARTS) is 1. The minimum Gasteiger partial charge on any atom is -0.478 e. The van der Waals surface area contributed by atoms with Crippen LogP contribution in [0.25, 0.3) is 0 Å². The predicted molar refractivity (Wildman–Crippen MR) is 68.0 cm³/mol. The smallest absolute Gasteiger partial charge is 0.335 e. The summed E-state index contributed by atoms with van der Waals surface area (Å²) in [6, 6.07) is 2.48. The fraction of sp³-hybridized carbons (Fsp3) is 0. The molecule has 0 bridgehead atoms. The third-order valence-corrected chi connectivity index (χ3v) is 2.28. The van der Waals surface area contributed by atoms with Crippen LogP contribution in [0.2, 0.25) is 0 Å². The van der Waals surface area contributed by atoms with Crippen molar-refractivity contribution in [2.24, 2.45) is 0 Å². The van der Waals surface area contributed by atoms with Crippen molar-refractivity contribution in [2.75, 3.05) is 10.6 Å². The van der Waals surface area contributed by atoms with E-state index in [1.54, 1.807) is 0 Å². The quantitative estimate of drug-likeness (QED) is 0.794. The summed E-state index contributed by atoms with van der Waals surface area (Å²) in [5, 5.41) is 13.3. The number of rotatable bonds is 3. The monoisotopic (exact) mass is 276 g/mol. The molecule has 0 saturated heterocycles. The van der Waals surface area contributed by atoms with Gasteiger partial charge in [0.15, 0.2) is 0 Å². The number of hydrogen-bond acceptors (Lipinski definition) is 4. The molecule has 2 amide bonds. The van der Waals surface area contributed by atoms with Crippen molar-refractivity contribution >= 4 is 23.4 Å². The number of hydrogen-bond donors (Lipinski definition) is 3. The van der Waals surface area contributed by atoms with Crippen LogP contribution in [0.5, 0.6) is 0 Å². The highest BCUT2D eigenvalue weighted by molar-refractivity contribution is 6.00. The van der Waals surface area contributed by atoms with E-state index >= 15 is 0 Å². The molecule has 7 nitrogen and oxygen atoms in total. The number of nitrogens with zero attached hydrogens (tertiary/aromatic N) is 2. The van der Waals surface area contributed by atoms with E-state index in [4.69, 9.17) is 5.11 Å². The van der Waals surface area contributed by atoms with E-state index in [9.17, 15) is 14.0 Å². The molecule has 0 fully saturated rings. The summed E-state index contributed by atoms with van der Waals surface area (Å²) < 4.78 is 13.6. The lowest BCUT2D eigenvalue weighted by molar-refractivity contribution is 0.0696. The summed E-state index contributed by atoms with van der Waals surface area (Å²) in [5.41, 5.74) is 0.00170. The van der Waals surface area contributed by atoms with Crippen molar-refractivity contribution in [1.82, 2.24) is 9.97 Å². The van der Waals surface area contributed by atoms with Gasteiger partial charge in [0, 0.05) is 0 Å². The van der Waals surface area contributed by atoms with E-state index in [1.807, 2.05) is 0 Å². The Morgan fingerprint density at radius 2 is 1.85 bits per heavy atom. The second-order valence-electron chi connectivity index (χ2n) is 3.71. The summed E-state index contributed by atoms with van der Waals surface area (Å²) in [5.74, 6) is -2.09. The molecule has 0 aliphatic rings. The lowest BCUT2D eigenvalue weighted by Crippen LogP contribution is -2.20. The summed E-state index contributed by atoms with van der Waals surface area (Å²) in [6.07, 6.45) is 4.04. The summed E-state index contributed by atoms with van der Waals surface area (Å²) >= 11 is 0. The molecule has 1 heterocycles. The average Bonchev–Trinajstić information content (AvgIpc) is 2.42. The molecule has 0 aliphatic carbocycles. The zero-order valence-electron chi connectivity index (χ0n) is 10.0. The molecule has 2 aromatic rings. The van der Waals surface area contributed by atoms with Gasteiger partial charge >= 0.3 is 12.0 Å². The lowest BCUT2D eigenvalue weighted by atomic mass is 10.2. The number of amides is 2. The van der Waals surface area contributed by atoms with Crippen LogP contribution in [0.4, 0.5) is 20.6 Å². The van der Waals surface area contributed by atoms with Crippen LogP contribution in [0.1, 0.15) is 10.4 Å². The highest BCUT2D eigenvalue weighted by atomic mass is 19.1. The van der Waals surface area contributed by atoms with Gasteiger partial charge in [-0.05, 0) is 18.2 Å². The van der Waals surface area contributed by atoms with E-state index in [1.165, 1.54) is 30.9 Å². The largest absolute Gasteiger partial charge is 0.478 e. The molecule has 0 aliphatic heterocycles. The molecule has 20 heavy (non-hydrogen) atoms. The van der Waals surface area contributed by atoms with Crippen molar-refractivity contribution in [2.45, 2.75) is 0 Å². The maximum Gasteiger partial charge on any atom is 0.335 e. The topological polar surface area (TPSA) is 104 Å². The van der Waals surface area contributed by atoms with Gasteiger partial charge in [-0.1, -0.05) is 0 Å². The predicted octanol–water partition coefficient (Wildman–Crippen LogP) is 1.96. The van der Waals surface area contributed by atoms with E-state index in [2.05, 4.69) is 20.6 Å². The Balaban J connectivity index is 2.06. The number of carbonyl (C=O) groups is 2. The van der Waals surface area contributed by atoms with Crippen LogP contribution in [0, 0.1) is 5.82 Å². The second-order valence-corrected chi connectivity index (χ2v) is 3.71. The van der Waals surface area contributed by atoms with Crippen molar-refractivity contribution < 1.29 is 19.1 Å². The van der Waals surface area contributed by atoms with E-state index < -0.39 is 17.8 Å². The molecular weight excluding hydrogens is 267 g/mol. The summed E-state index contributed by atoms with van der Waals surface area (Å²) in [7, 11) is 0.